The van der Waals surface area contributed by atoms with Crippen LogP contribution in [0.3, 0.4) is 0 Å². The standard InChI is InChI=1S/C15H27NO4/c17-14(10-9-13-7-4-6-12-20-13)16-11-5-2-1-3-8-15(18)19/h13H,1-12H2,(H,16,17)(H,18,19)/t13-/m1/s1. The molecule has 1 amide bonds. The maximum atomic E-state index is 11.6. The third-order valence-electron chi connectivity index (χ3n) is 3.61. The second-order valence-corrected chi connectivity index (χ2v) is 5.44. The van der Waals surface area contributed by atoms with Gasteiger partial charge in [0.1, 0.15) is 0 Å². The average molecular weight is 285 g/mol. The highest BCUT2D eigenvalue weighted by Crippen LogP contribution is 2.16. The summed E-state index contributed by atoms with van der Waals surface area (Å²) in [5, 5.41) is 11.4. The Labute approximate surface area is 121 Å². The Kier molecular flexibility index (Phi) is 9.04. The third kappa shape index (κ3) is 8.91. The maximum Gasteiger partial charge on any atom is 0.303 e. The topological polar surface area (TPSA) is 75.6 Å². The van der Waals surface area contributed by atoms with Crippen LogP contribution in [0.2, 0.25) is 0 Å². The molecule has 116 valence electrons. The van der Waals surface area contributed by atoms with Gasteiger partial charge < -0.3 is 15.2 Å². The van der Waals surface area contributed by atoms with Crippen molar-refractivity contribution in [3.05, 3.63) is 0 Å². The van der Waals surface area contributed by atoms with E-state index in [2.05, 4.69) is 5.32 Å². The van der Waals surface area contributed by atoms with E-state index in [1.165, 1.54) is 6.42 Å². The number of rotatable bonds is 10. The lowest BCUT2D eigenvalue weighted by Gasteiger charge is -2.22. The Morgan fingerprint density at radius 3 is 2.60 bits per heavy atom. The van der Waals surface area contributed by atoms with Crippen LogP contribution in [0.25, 0.3) is 0 Å². The van der Waals surface area contributed by atoms with Crippen molar-refractivity contribution in [3.63, 3.8) is 0 Å². The molecule has 0 saturated carbocycles. The predicted molar refractivity (Wildman–Crippen MR) is 76.6 cm³/mol. The Balaban J connectivity index is 1.88. The van der Waals surface area contributed by atoms with Crippen LogP contribution in [0, 0.1) is 0 Å². The summed E-state index contributed by atoms with van der Waals surface area (Å²) in [4.78, 5) is 21.9. The van der Waals surface area contributed by atoms with E-state index < -0.39 is 5.97 Å². The van der Waals surface area contributed by atoms with Gasteiger partial charge in [-0.2, -0.15) is 0 Å². The molecule has 20 heavy (non-hydrogen) atoms. The molecule has 1 saturated heterocycles. The smallest absolute Gasteiger partial charge is 0.303 e. The van der Waals surface area contributed by atoms with Crippen molar-refractivity contribution in [1.29, 1.82) is 0 Å². The number of hydrogen-bond acceptors (Lipinski definition) is 3. The Bertz CT molecular complexity index is 288. The molecule has 5 heteroatoms. The van der Waals surface area contributed by atoms with E-state index in [1.807, 2.05) is 0 Å². The molecule has 0 aliphatic carbocycles. The van der Waals surface area contributed by atoms with Crippen LogP contribution in [-0.4, -0.2) is 36.2 Å². The van der Waals surface area contributed by atoms with Crippen LogP contribution >= 0.6 is 0 Å². The highest BCUT2D eigenvalue weighted by molar-refractivity contribution is 5.75. The highest BCUT2D eigenvalue weighted by atomic mass is 16.5. The van der Waals surface area contributed by atoms with Crippen molar-refractivity contribution in [2.45, 2.75) is 70.3 Å². The summed E-state index contributed by atoms with van der Waals surface area (Å²) in [6.45, 7) is 1.53. The minimum absolute atomic E-state index is 0.102. The Morgan fingerprint density at radius 2 is 1.90 bits per heavy atom. The lowest BCUT2D eigenvalue weighted by molar-refractivity contribution is -0.137. The number of carbonyl (C=O) groups is 2. The molecular formula is C15H27NO4. The molecule has 2 N–H and O–H groups in total. The van der Waals surface area contributed by atoms with E-state index in [0.29, 0.717) is 13.0 Å². The summed E-state index contributed by atoms with van der Waals surface area (Å²) in [5.74, 6) is -0.632. The molecule has 0 bridgehead atoms. The van der Waals surface area contributed by atoms with Crippen molar-refractivity contribution in [2.24, 2.45) is 0 Å². The van der Waals surface area contributed by atoms with Gasteiger partial charge in [-0.3, -0.25) is 9.59 Å². The first-order chi connectivity index (χ1) is 9.68. The van der Waals surface area contributed by atoms with E-state index >= 15 is 0 Å². The molecule has 0 radical (unpaired) electrons. The van der Waals surface area contributed by atoms with Gasteiger partial charge in [0.25, 0.3) is 0 Å². The zero-order chi connectivity index (χ0) is 14.6. The van der Waals surface area contributed by atoms with Crippen molar-refractivity contribution in [3.8, 4) is 0 Å². The number of carboxylic acid groups (broad SMARTS) is 1. The first kappa shape index (κ1) is 17.0. The van der Waals surface area contributed by atoms with Gasteiger partial charge in [0.15, 0.2) is 0 Å². The third-order valence-corrected chi connectivity index (χ3v) is 3.61. The number of carbonyl (C=O) groups excluding carboxylic acids is 1. The van der Waals surface area contributed by atoms with Gasteiger partial charge in [-0.1, -0.05) is 12.8 Å². The number of unbranched alkanes of at least 4 members (excludes halogenated alkanes) is 3. The summed E-state index contributed by atoms with van der Waals surface area (Å²) in [7, 11) is 0. The largest absolute Gasteiger partial charge is 0.481 e. The fourth-order valence-electron chi connectivity index (χ4n) is 2.40. The van der Waals surface area contributed by atoms with Crippen LogP contribution < -0.4 is 5.32 Å². The van der Waals surface area contributed by atoms with Gasteiger partial charge in [0, 0.05) is 26.0 Å². The Morgan fingerprint density at radius 1 is 1.10 bits per heavy atom. The lowest BCUT2D eigenvalue weighted by Crippen LogP contribution is -2.27. The van der Waals surface area contributed by atoms with E-state index in [0.717, 1.165) is 51.6 Å². The molecule has 1 fully saturated rings. The SMILES string of the molecule is O=C(O)CCCCCCNC(=O)CC[C@H]1CCCCO1. The molecule has 0 aromatic heterocycles. The molecule has 0 spiro atoms. The number of ether oxygens (including phenoxy) is 1. The molecule has 5 nitrogen and oxygen atoms in total. The number of aliphatic carboxylic acids is 1. The van der Waals surface area contributed by atoms with E-state index in [1.54, 1.807) is 0 Å². The number of nitrogens with one attached hydrogen (secondary N) is 1. The molecule has 0 aromatic carbocycles. The van der Waals surface area contributed by atoms with Crippen molar-refractivity contribution < 1.29 is 19.4 Å². The van der Waals surface area contributed by atoms with Gasteiger partial charge in [-0.15, -0.1) is 0 Å². The van der Waals surface area contributed by atoms with Crippen molar-refractivity contribution in [2.75, 3.05) is 13.2 Å². The first-order valence-electron chi connectivity index (χ1n) is 7.78. The molecule has 1 aliphatic heterocycles. The van der Waals surface area contributed by atoms with E-state index in [4.69, 9.17) is 9.84 Å². The zero-order valence-electron chi connectivity index (χ0n) is 12.2. The summed E-state index contributed by atoms with van der Waals surface area (Å²) >= 11 is 0. The van der Waals surface area contributed by atoms with Crippen LogP contribution in [0.4, 0.5) is 0 Å². The molecule has 0 unspecified atom stereocenters. The van der Waals surface area contributed by atoms with Crippen LogP contribution in [-0.2, 0) is 14.3 Å². The Hall–Kier alpha value is -1.10. The lowest BCUT2D eigenvalue weighted by atomic mass is 10.0. The van der Waals surface area contributed by atoms with Gasteiger partial charge in [-0.25, -0.2) is 0 Å². The van der Waals surface area contributed by atoms with Crippen LogP contribution in [0.1, 0.15) is 64.2 Å². The predicted octanol–water partition coefficient (Wildman–Crippen LogP) is 2.49. The summed E-state index contributed by atoms with van der Waals surface area (Å²) in [6.07, 6.45) is 8.85. The van der Waals surface area contributed by atoms with Gasteiger partial charge in [0.05, 0.1) is 6.10 Å². The van der Waals surface area contributed by atoms with E-state index in [9.17, 15) is 9.59 Å². The molecule has 1 atom stereocenters. The van der Waals surface area contributed by atoms with Crippen molar-refractivity contribution in [1.82, 2.24) is 5.32 Å². The monoisotopic (exact) mass is 285 g/mol. The molecule has 1 rings (SSSR count). The number of hydrogen-bond donors (Lipinski definition) is 2. The average Bonchev–Trinajstić information content (AvgIpc) is 2.45. The summed E-state index contributed by atoms with van der Waals surface area (Å²) < 4.78 is 5.59. The quantitative estimate of drug-likeness (QED) is 0.605. The second-order valence-electron chi connectivity index (χ2n) is 5.44. The minimum atomic E-state index is -0.733. The van der Waals surface area contributed by atoms with Gasteiger partial charge in [0.2, 0.25) is 5.91 Å². The normalized spacial score (nSPS) is 18.7. The second kappa shape index (κ2) is 10.7. The fraction of sp³-hybridized carbons (Fsp3) is 0.867. The number of amides is 1. The highest BCUT2D eigenvalue weighted by Gasteiger charge is 2.14. The van der Waals surface area contributed by atoms with Gasteiger partial charge in [-0.05, 0) is 38.5 Å². The molecular weight excluding hydrogens is 258 g/mol. The van der Waals surface area contributed by atoms with Crippen molar-refractivity contribution >= 4 is 11.9 Å². The molecule has 1 aliphatic rings. The van der Waals surface area contributed by atoms with Gasteiger partial charge >= 0.3 is 5.97 Å². The number of carboxylic acids is 1. The zero-order valence-corrected chi connectivity index (χ0v) is 12.2. The fourth-order valence-corrected chi connectivity index (χ4v) is 2.40. The minimum Gasteiger partial charge on any atom is -0.481 e. The maximum absolute atomic E-state index is 11.6. The molecule has 0 aromatic rings. The summed E-state index contributed by atoms with van der Waals surface area (Å²) in [5.41, 5.74) is 0. The van der Waals surface area contributed by atoms with Crippen LogP contribution in [0.15, 0.2) is 0 Å². The first-order valence-corrected chi connectivity index (χ1v) is 7.78. The van der Waals surface area contributed by atoms with Crippen LogP contribution in [0.5, 0.6) is 0 Å². The van der Waals surface area contributed by atoms with E-state index in [-0.39, 0.29) is 18.4 Å². The molecule has 1 heterocycles. The summed E-state index contributed by atoms with van der Waals surface area (Å²) in [6, 6.07) is 0.